The molecule has 3 rings (SSSR count). The molecule has 146 valence electrons. The number of tetrazole rings is 1. The van der Waals surface area contributed by atoms with Crippen LogP contribution in [-0.2, 0) is 10.3 Å². The predicted octanol–water partition coefficient (Wildman–Crippen LogP) is 2.43. The standard InChI is InChI=1S/C19H28N6OS/c1-15(16-8-6-5-7-9-16)23-10-12-24(13-11-23)17(26)14-27-18-20-21-22-25(18)19(2,3)4/h5-9,15H,10-14H2,1-4H3. The Morgan fingerprint density at radius 3 is 2.44 bits per heavy atom. The fourth-order valence-corrected chi connectivity index (χ4v) is 4.17. The first kappa shape index (κ1) is 19.8. The van der Waals surface area contributed by atoms with E-state index in [2.05, 4.69) is 51.6 Å². The molecule has 1 aliphatic rings. The van der Waals surface area contributed by atoms with Gasteiger partial charge in [0.15, 0.2) is 0 Å². The van der Waals surface area contributed by atoms with E-state index in [1.165, 1.54) is 17.3 Å². The first-order valence-corrected chi connectivity index (χ1v) is 10.3. The van der Waals surface area contributed by atoms with Crippen LogP contribution in [0.15, 0.2) is 35.5 Å². The third-order valence-corrected chi connectivity index (χ3v) is 5.80. The minimum Gasteiger partial charge on any atom is -0.339 e. The summed E-state index contributed by atoms with van der Waals surface area (Å²) in [6.45, 7) is 11.7. The normalized spacial score (nSPS) is 17.1. The van der Waals surface area contributed by atoms with Crippen molar-refractivity contribution in [3.8, 4) is 0 Å². The molecule has 7 nitrogen and oxygen atoms in total. The quantitative estimate of drug-likeness (QED) is 0.733. The number of aromatic nitrogens is 4. The highest BCUT2D eigenvalue weighted by atomic mass is 32.2. The summed E-state index contributed by atoms with van der Waals surface area (Å²) in [6, 6.07) is 10.9. The van der Waals surface area contributed by atoms with Gasteiger partial charge >= 0.3 is 0 Å². The third-order valence-electron chi connectivity index (χ3n) is 4.90. The summed E-state index contributed by atoms with van der Waals surface area (Å²) < 4.78 is 1.77. The predicted molar refractivity (Wildman–Crippen MR) is 107 cm³/mol. The Hall–Kier alpha value is -1.93. The highest BCUT2D eigenvalue weighted by Gasteiger charge is 2.26. The van der Waals surface area contributed by atoms with E-state index in [9.17, 15) is 4.79 Å². The lowest BCUT2D eigenvalue weighted by Crippen LogP contribution is -2.49. The van der Waals surface area contributed by atoms with Gasteiger partial charge in [0.1, 0.15) is 0 Å². The molecule has 0 bridgehead atoms. The van der Waals surface area contributed by atoms with Crippen LogP contribution in [0.5, 0.6) is 0 Å². The van der Waals surface area contributed by atoms with E-state index in [1.54, 1.807) is 4.68 Å². The van der Waals surface area contributed by atoms with E-state index in [0.717, 1.165) is 26.2 Å². The molecular formula is C19H28N6OS. The average Bonchev–Trinajstić information content (AvgIpc) is 3.15. The summed E-state index contributed by atoms with van der Waals surface area (Å²) in [5.74, 6) is 0.514. The molecule has 1 unspecified atom stereocenters. The first-order valence-electron chi connectivity index (χ1n) is 9.34. The second kappa shape index (κ2) is 8.39. The number of piperazine rings is 1. The Morgan fingerprint density at radius 1 is 1.15 bits per heavy atom. The molecule has 1 amide bonds. The molecule has 8 heteroatoms. The smallest absolute Gasteiger partial charge is 0.233 e. The van der Waals surface area contributed by atoms with Crippen LogP contribution in [-0.4, -0.2) is 67.8 Å². The van der Waals surface area contributed by atoms with Crippen molar-refractivity contribution in [1.29, 1.82) is 0 Å². The molecule has 1 atom stereocenters. The number of rotatable bonds is 5. The second-order valence-corrected chi connectivity index (χ2v) is 8.78. The third kappa shape index (κ3) is 4.87. The minimum atomic E-state index is -0.200. The van der Waals surface area contributed by atoms with Crippen LogP contribution in [0.3, 0.4) is 0 Å². The summed E-state index contributed by atoms with van der Waals surface area (Å²) in [5.41, 5.74) is 1.12. The van der Waals surface area contributed by atoms with Gasteiger partial charge < -0.3 is 4.90 Å². The number of hydrogen-bond donors (Lipinski definition) is 0. The van der Waals surface area contributed by atoms with Gasteiger partial charge in [-0.15, -0.1) is 5.10 Å². The van der Waals surface area contributed by atoms with Crippen molar-refractivity contribution in [1.82, 2.24) is 30.0 Å². The van der Waals surface area contributed by atoms with Gasteiger partial charge in [-0.3, -0.25) is 9.69 Å². The van der Waals surface area contributed by atoms with Gasteiger partial charge in [0, 0.05) is 32.2 Å². The van der Waals surface area contributed by atoms with Crippen molar-refractivity contribution >= 4 is 17.7 Å². The van der Waals surface area contributed by atoms with Gasteiger partial charge in [-0.25, -0.2) is 4.68 Å². The minimum absolute atomic E-state index is 0.149. The number of carbonyl (C=O) groups is 1. The van der Waals surface area contributed by atoms with Crippen LogP contribution in [0.4, 0.5) is 0 Å². The highest BCUT2D eigenvalue weighted by molar-refractivity contribution is 7.99. The Kier molecular flexibility index (Phi) is 6.16. The zero-order valence-electron chi connectivity index (χ0n) is 16.5. The maximum absolute atomic E-state index is 12.6. The van der Waals surface area contributed by atoms with Crippen molar-refractivity contribution < 1.29 is 4.79 Å². The molecule has 0 N–H and O–H groups in total. The molecule has 1 aromatic carbocycles. The summed E-state index contributed by atoms with van der Waals surface area (Å²) in [4.78, 5) is 17.0. The van der Waals surface area contributed by atoms with Crippen molar-refractivity contribution in [2.24, 2.45) is 0 Å². The summed E-state index contributed by atoms with van der Waals surface area (Å²) in [6.07, 6.45) is 0. The molecule has 1 saturated heterocycles. The lowest BCUT2D eigenvalue weighted by Gasteiger charge is -2.38. The van der Waals surface area contributed by atoms with Gasteiger partial charge in [0.2, 0.25) is 11.1 Å². The van der Waals surface area contributed by atoms with E-state index >= 15 is 0 Å². The van der Waals surface area contributed by atoms with Crippen LogP contribution in [0.2, 0.25) is 0 Å². The molecular weight excluding hydrogens is 360 g/mol. The van der Waals surface area contributed by atoms with Gasteiger partial charge in [-0.05, 0) is 43.7 Å². The molecule has 1 fully saturated rings. The Morgan fingerprint density at radius 2 is 1.81 bits per heavy atom. The number of carbonyl (C=O) groups excluding carboxylic acids is 1. The van der Waals surface area contributed by atoms with Crippen LogP contribution in [0, 0.1) is 0 Å². The molecule has 2 heterocycles. The molecule has 0 saturated carbocycles. The summed E-state index contributed by atoms with van der Waals surface area (Å²) >= 11 is 1.41. The number of amides is 1. The van der Waals surface area contributed by atoms with E-state index in [0.29, 0.717) is 17.0 Å². The molecule has 0 spiro atoms. The maximum atomic E-state index is 12.6. The zero-order chi connectivity index (χ0) is 19.4. The Balaban J connectivity index is 1.50. The molecule has 1 aromatic heterocycles. The van der Waals surface area contributed by atoms with Crippen molar-refractivity contribution in [3.05, 3.63) is 35.9 Å². The molecule has 0 aliphatic carbocycles. The largest absolute Gasteiger partial charge is 0.339 e. The number of nitrogens with zero attached hydrogens (tertiary/aromatic N) is 6. The monoisotopic (exact) mass is 388 g/mol. The zero-order valence-corrected chi connectivity index (χ0v) is 17.3. The molecule has 0 radical (unpaired) electrons. The van der Waals surface area contributed by atoms with Gasteiger partial charge in [-0.2, -0.15) is 0 Å². The molecule has 1 aliphatic heterocycles. The molecule has 27 heavy (non-hydrogen) atoms. The van der Waals surface area contributed by atoms with Crippen molar-refractivity contribution in [2.45, 2.75) is 44.4 Å². The topological polar surface area (TPSA) is 67.2 Å². The van der Waals surface area contributed by atoms with Crippen LogP contribution < -0.4 is 0 Å². The molecule has 2 aromatic rings. The van der Waals surface area contributed by atoms with Gasteiger partial charge in [-0.1, -0.05) is 42.1 Å². The van der Waals surface area contributed by atoms with Crippen molar-refractivity contribution in [3.63, 3.8) is 0 Å². The van der Waals surface area contributed by atoms with E-state index in [4.69, 9.17) is 0 Å². The maximum Gasteiger partial charge on any atom is 0.233 e. The fraction of sp³-hybridized carbons (Fsp3) is 0.579. The Labute approximate surface area is 165 Å². The number of hydrogen-bond acceptors (Lipinski definition) is 6. The second-order valence-electron chi connectivity index (χ2n) is 7.84. The lowest BCUT2D eigenvalue weighted by molar-refractivity contribution is -0.130. The van der Waals surface area contributed by atoms with Crippen molar-refractivity contribution in [2.75, 3.05) is 31.9 Å². The van der Waals surface area contributed by atoms with Gasteiger partial charge in [0.25, 0.3) is 0 Å². The highest BCUT2D eigenvalue weighted by Crippen LogP contribution is 2.23. The van der Waals surface area contributed by atoms with Crippen LogP contribution >= 0.6 is 11.8 Å². The fourth-order valence-electron chi connectivity index (χ4n) is 3.21. The van der Waals surface area contributed by atoms with E-state index < -0.39 is 0 Å². The average molecular weight is 389 g/mol. The number of benzene rings is 1. The summed E-state index contributed by atoms with van der Waals surface area (Å²) in [7, 11) is 0. The SMILES string of the molecule is CC(c1ccccc1)N1CCN(C(=O)CSc2nnnn2C(C)(C)C)CC1. The van der Waals surface area contributed by atoms with E-state index in [-0.39, 0.29) is 11.4 Å². The Bertz CT molecular complexity index is 749. The lowest BCUT2D eigenvalue weighted by atomic mass is 10.1. The van der Waals surface area contributed by atoms with Crippen LogP contribution in [0.25, 0.3) is 0 Å². The summed E-state index contributed by atoms with van der Waals surface area (Å²) in [5, 5.41) is 12.5. The number of thioether (sulfide) groups is 1. The van der Waals surface area contributed by atoms with Crippen LogP contribution in [0.1, 0.15) is 39.3 Å². The first-order chi connectivity index (χ1) is 12.9. The van der Waals surface area contributed by atoms with E-state index in [1.807, 2.05) is 31.7 Å². The van der Waals surface area contributed by atoms with Gasteiger partial charge in [0.05, 0.1) is 11.3 Å².